The molecule has 0 aliphatic heterocycles. The quantitative estimate of drug-likeness (QED) is 0.856. The van der Waals surface area contributed by atoms with Gasteiger partial charge in [0.2, 0.25) is 0 Å². The second-order valence-corrected chi connectivity index (χ2v) is 3.81. The molecule has 2 rings (SSSR count). The summed E-state index contributed by atoms with van der Waals surface area (Å²) in [5, 5.41) is 12.9. The number of nitrogen functional groups attached to an aromatic ring is 1. The van der Waals surface area contributed by atoms with Gasteiger partial charge in [-0.1, -0.05) is 6.07 Å². The monoisotopic (exact) mass is 262 g/mol. The molecule has 0 aliphatic rings. The van der Waals surface area contributed by atoms with Crippen molar-refractivity contribution >= 4 is 21.7 Å². The molecule has 0 bridgehead atoms. The molecular formula is C10H7BrN4. The summed E-state index contributed by atoms with van der Waals surface area (Å²) in [6, 6.07) is 9.17. The van der Waals surface area contributed by atoms with Crippen LogP contribution >= 0.6 is 15.9 Å². The van der Waals surface area contributed by atoms with Crippen LogP contribution in [0.4, 0.5) is 5.82 Å². The minimum absolute atomic E-state index is 0.519. The van der Waals surface area contributed by atoms with Gasteiger partial charge in [0.05, 0.1) is 28.0 Å². The van der Waals surface area contributed by atoms with Crippen LogP contribution in [0.3, 0.4) is 0 Å². The summed E-state index contributed by atoms with van der Waals surface area (Å²) in [7, 11) is 0. The number of benzene rings is 1. The summed E-state index contributed by atoms with van der Waals surface area (Å²) in [5.41, 5.74) is 7.15. The zero-order valence-electron chi connectivity index (χ0n) is 7.68. The SMILES string of the molecule is N#Cc1cccc(-n2ncc(Br)c2N)c1. The molecule has 0 radical (unpaired) electrons. The summed E-state index contributed by atoms with van der Waals surface area (Å²) in [5.74, 6) is 0.519. The van der Waals surface area contributed by atoms with Crippen LogP contribution in [0.25, 0.3) is 5.69 Å². The largest absolute Gasteiger partial charge is 0.383 e. The maximum absolute atomic E-state index is 8.76. The number of hydrogen-bond acceptors (Lipinski definition) is 3. The predicted molar refractivity (Wildman–Crippen MR) is 60.4 cm³/mol. The smallest absolute Gasteiger partial charge is 0.141 e. The first-order chi connectivity index (χ1) is 7.22. The lowest BCUT2D eigenvalue weighted by atomic mass is 10.2. The molecule has 0 amide bonds. The van der Waals surface area contributed by atoms with Crippen LogP contribution in [-0.2, 0) is 0 Å². The second-order valence-electron chi connectivity index (χ2n) is 2.95. The minimum Gasteiger partial charge on any atom is -0.383 e. The first-order valence-corrected chi connectivity index (χ1v) is 5.01. The third-order valence-corrected chi connectivity index (χ3v) is 2.59. The van der Waals surface area contributed by atoms with Gasteiger partial charge in [0.15, 0.2) is 0 Å². The fourth-order valence-electron chi connectivity index (χ4n) is 1.25. The molecule has 0 unspecified atom stereocenters. The summed E-state index contributed by atoms with van der Waals surface area (Å²) in [6.45, 7) is 0. The van der Waals surface area contributed by atoms with E-state index < -0.39 is 0 Å². The van der Waals surface area contributed by atoms with Gasteiger partial charge < -0.3 is 5.73 Å². The molecule has 2 N–H and O–H groups in total. The molecule has 5 heteroatoms. The molecule has 0 spiro atoms. The van der Waals surface area contributed by atoms with E-state index >= 15 is 0 Å². The Labute approximate surface area is 95.1 Å². The lowest BCUT2D eigenvalue weighted by Crippen LogP contribution is -2.01. The van der Waals surface area contributed by atoms with Crippen molar-refractivity contribution in [3.63, 3.8) is 0 Å². The average Bonchev–Trinajstić information content (AvgIpc) is 2.60. The minimum atomic E-state index is 0.519. The highest BCUT2D eigenvalue weighted by Gasteiger charge is 2.06. The van der Waals surface area contributed by atoms with Crippen LogP contribution in [0, 0.1) is 11.3 Å². The highest BCUT2D eigenvalue weighted by Crippen LogP contribution is 2.21. The van der Waals surface area contributed by atoms with E-state index in [1.165, 1.54) is 0 Å². The summed E-state index contributed by atoms with van der Waals surface area (Å²) in [6.07, 6.45) is 1.62. The molecule has 2 aromatic rings. The highest BCUT2D eigenvalue weighted by molar-refractivity contribution is 9.10. The van der Waals surface area contributed by atoms with Crippen molar-refractivity contribution < 1.29 is 0 Å². The molecular weight excluding hydrogens is 256 g/mol. The Morgan fingerprint density at radius 2 is 2.27 bits per heavy atom. The predicted octanol–water partition coefficient (Wildman–Crippen LogP) is 2.09. The molecule has 0 aliphatic carbocycles. The molecule has 1 aromatic heterocycles. The van der Waals surface area contributed by atoms with E-state index in [0.29, 0.717) is 11.4 Å². The van der Waals surface area contributed by atoms with E-state index in [-0.39, 0.29) is 0 Å². The van der Waals surface area contributed by atoms with Crippen molar-refractivity contribution in [2.24, 2.45) is 0 Å². The second kappa shape index (κ2) is 3.75. The standard InChI is InChI=1S/C10H7BrN4/c11-9-6-14-15(10(9)13)8-3-1-2-7(4-8)5-12/h1-4,6H,13H2. The van der Waals surface area contributed by atoms with E-state index in [4.69, 9.17) is 11.0 Å². The molecule has 1 heterocycles. The molecule has 15 heavy (non-hydrogen) atoms. The van der Waals surface area contributed by atoms with Gasteiger partial charge in [0.1, 0.15) is 5.82 Å². The van der Waals surface area contributed by atoms with Crippen molar-refractivity contribution in [2.45, 2.75) is 0 Å². The van der Waals surface area contributed by atoms with E-state index in [2.05, 4.69) is 27.1 Å². The Morgan fingerprint density at radius 1 is 1.47 bits per heavy atom. The lowest BCUT2D eigenvalue weighted by Gasteiger charge is -2.03. The number of nitrogens with two attached hydrogens (primary N) is 1. The van der Waals surface area contributed by atoms with Gasteiger partial charge >= 0.3 is 0 Å². The van der Waals surface area contributed by atoms with Gasteiger partial charge in [-0.05, 0) is 34.1 Å². The van der Waals surface area contributed by atoms with Crippen LogP contribution in [0.15, 0.2) is 34.9 Å². The summed E-state index contributed by atoms with van der Waals surface area (Å²) in [4.78, 5) is 0. The summed E-state index contributed by atoms with van der Waals surface area (Å²) < 4.78 is 2.31. The van der Waals surface area contributed by atoms with Crippen LogP contribution in [-0.4, -0.2) is 9.78 Å². The van der Waals surface area contributed by atoms with Gasteiger partial charge in [-0.3, -0.25) is 0 Å². The van der Waals surface area contributed by atoms with Crippen LogP contribution in [0.2, 0.25) is 0 Å². The van der Waals surface area contributed by atoms with Crippen molar-refractivity contribution in [1.29, 1.82) is 5.26 Å². The zero-order valence-corrected chi connectivity index (χ0v) is 9.27. The van der Waals surface area contributed by atoms with Gasteiger partial charge in [-0.25, -0.2) is 4.68 Å². The van der Waals surface area contributed by atoms with Crippen molar-refractivity contribution in [2.75, 3.05) is 5.73 Å². The first-order valence-electron chi connectivity index (χ1n) is 4.22. The maximum Gasteiger partial charge on any atom is 0.141 e. The van der Waals surface area contributed by atoms with E-state index in [1.54, 1.807) is 29.1 Å². The van der Waals surface area contributed by atoms with Gasteiger partial charge in [0, 0.05) is 0 Å². The highest BCUT2D eigenvalue weighted by atomic mass is 79.9. The Bertz CT molecular complexity index is 539. The van der Waals surface area contributed by atoms with E-state index in [1.807, 2.05) is 6.07 Å². The summed E-state index contributed by atoms with van der Waals surface area (Å²) >= 11 is 3.28. The van der Waals surface area contributed by atoms with E-state index in [9.17, 15) is 0 Å². The zero-order chi connectivity index (χ0) is 10.8. The van der Waals surface area contributed by atoms with E-state index in [0.717, 1.165) is 10.2 Å². The number of hydrogen-bond donors (Lipinski definition) is 1. The van der Waals surface area contributed by atoms with Gasteiger partial charge in [-0.15, -0.1) is 0 Å². The number of nitriles is 1. The third kappa shape index (κ3) is 1.72. The van der Waals surface area contributed by atoms with Crippen LogP contribution in [0.1, 0.15) is 5.56 Å². The molecule has 74 valence electrons. The maximum atomic E-state index is 8.76. The fourth-order valence-corrected chi connectivity index (χ4v) is 1.51. The Hall–Kier alpha value is -1.80. The number of halogens is 1. The number of anilines is 1. The molecule has 0 atom stereocenters. The molecule has 0 saturated carbocycles. The van der Waals surface area contributed by atoms with Crippen LogP contribution in [0.5, 0.6) is 0 Å². The molecule has 0 fully saturated rings. The van der Waals surface area contributed by atoms with Crippen LogP contribution < -0.4 is 5.73 Å². The fraction of sp³-hybridized carbons (Fsp3) is 0. The van der Waals surface area contributed by atoms with Gasteiger partial charge in [-0.2, -0.15) is 10.4 Å². The van der Waals surface area contributed by atoms with Gasteiger partial charge in [0.25, 0.3) is 0 Å². The van der Waals surface area contributed by atoms with Crippen molar-refractivity contribution in [3.05, 3.63) is 40.5 Å². The Kier molecular flexibility index (Phi) is 2.44. The molecule has 1 aromatic carbocycles. The number of aromatic nitrogens is 2. The number of rotatable bonds is 1. The molecule has 0 saturated heterocycles. The Balaban J connectivity index is 2.55. The van der Waals surface area contributed by atoms with Crippen molar-refractivity contribution in [1.82, 2.24) is 9.78 Å². The third-order valence-electron chi connectivity index (χ3n) is 1.98. The lowest BCUT2D eigenvalue weighted by molar-refractivity contribution is 0.891. The first kappa shape index (κ1) is 9.74. The number of nitrogens with zero attached hydrogens (tertiary/aromatic N) is 3. The van der Waals surface area contributed by atoms with Crippen molar-refractivity contribution in [3.8, 4) is 11.8 Å². The topological polar surface area (TPSA) is 67.6 Å². The normalized spacial score (nSPS) is 9.87. The Morgan fingerprint density at radius 3 is 2.87 bits per heavy atom. The molecule has 4 nitrogen and oxygen atoms in total. The average molecular weight is 263 g/mol.